The fourth-order valence-corrected chi connectivity index (χ4v) is 0.879. The molecule has 1 N–H and O–H groups in total. The van der Waals surface area contributed by atoms with Gasteiger partial charge in [-0.05, 0) is 0 Å². The van der Waals surface area contributed by atoms with Crippen molar-refractivity contribution in [3.8, 4) is 0 Å². The Morgan fingerprint density at radius 3 is 1.78 bits per heavy atom. The first-order valence-electron chi connectivity index (χ1n) is 1.78. The smallest absolute Gasteiger partial charge is 0.362 e. The number of halogens is 2. The molecule has 1 heterocycles. The van der Waals surface area contributed by atoms with Crippen LogP contribution in [0.15, 0.2) is 12.0 Å². The fraction of sp³-hybridized carbons (Fsp3) is 0. The highest BCUT2D eigenvalue weighted by atomic mass is 31.2. The van der Waals surface area contributed by atoms with Crippen LogP contribution < -0.4 is 0 Å². The number of hydrogen-bond donors (Lipinski definition) is 1. The Morgan fingerprint density at radius 2 is 1.67 bits per heavy atom. The maximum absolute atomic E-state index is 11.6. The summed E-state index contributed by atoms with van der Waals surface area (Å²) in [4.78, 5) is 8.12. The molecule has 1 aliphatic rings. The molecule has 0 spiro atoms. The molecule has 7 heteroatoms. The van der Waals surface area contributed by atoms with E-state index in [1.807, 2.05) is 0 Å². The number of phosphoric ester groups is 1. The molecule has 9 heavy (non-hydrogen) atoms. The van der Waals surface area contributed by atoms with E-state index >= 15 is 0 Å². The van der Waals surface area contributed by atoms with Crippen molar-refractivity contribution >= 4 is 7.82 Å². The summed E-state index contributed by atoms with van der Waals surface area (Å²) in [5.74, 6) is 0. The van der Waals surface area contributed by atoms with Crippen LogP contribution in [0.4, 0.5) is 8.78 Å². The third-order valence-corrected chi connectivity index (χ3v) is 1.33. The molecule has 0 saturated heterocycles. The SMILES string of the molecule is O=P1(O)OC(F)=C(F)O1. The third-order valence-electron chi connectivity index (χ3n) is 0.546. The molecule has 0 amide bonds. The van der Waals surface area contributed by atoms with Crippen LogP contribution in [0.1, 0.15) is 0 Å². The Hall–Kier alpha value is -0.610. The summed E-state index contributed by atoms with van der Waals surface area (Å²) in [6.07, 6.45) is 0. The van der Waals surface area contributed by atoms with Crippen molar-refractivity contribution in [2.45, 2.75) is 0 Å². The standard InChI is InChI=1S/C2HF2O4P/c3-1-2(4)8-9(5,6)7-1/h(H,5,6). The number of rotatable bonds is 0. The maximum Gasteiger partial charge on any atom is 0.588 e. The Bertz CT molecular complexity index is 193. The second-order valence-corrected chi connectivity index (χ2v) is 2.50. The van der Waals surface area contributed by atoms with E-state index in [9.17, 15) is 13.3 Å². The molecule has 52 valence electrons. The van der Waals surface area contributed by atoms with Crippen molar-refractivity contribution in [3.05, 3.63) is 12.0 Å². The minimum atomic E-state index is -4.48. The van der Waals surface area contributed by atoms with Gasteiger partial charge in [-0.15, -0.1) is 0 Å². The summed E-state index contributed by atoms with van der Waals surface area (Å²) in [7, 11) is -4.48. The van der Waals surface area contributed by atoms with Crippen molar-refractivity contribution in [2.75, 3.05) is 0 Å². The summed E-state index contributed by atoms with van der Waals surface area (Å²) in [6, 6.07) is -3.58. The molecule has 4 nitrogen and oxygen atoms in total. The topological polar surface area (TPSA) is 55.8 Å². The highest BCUT2D eigenvalue weighted by molar-refractivity contribution is 7.47. The average Bonchev–Trinajstić information content (AvgIpc) is 1.79. The molecule has 0 aromatic heterocycles. The first-order valence-corrected chi connectivity index (χ1v) is 3.28. The van der Waals surface area contributed by atoms with Crippen LogP contribution in [0.2, 0.25) is 0 Å². The number of hydrogen-bond acceptors (Lipinski definition) is 3. The van der Waals surface area contributed by atoms with E-state index in [1.54, 1.807) is 0 Å². The second-order valence-electron chi connectivity index (χ2n) is 1.20. The lowest BCUT2D eigenvalue weighted by Gasteiger charge is -1.96. The fourth-order valence-electron chi connectivity index (χ4n) is 0.293. The van der Waals surface area contributed by atoms with Gasteiger partial charge >= 0.3 is 19.8 Å². The Labute approximate surface area is 48.3 Å². The lowest BCUT2D eigenvalue weighted by molar-refractivity contribution is 0.229. The van der Waals surface area contributed by atoms with Crippen LogP contribution in [0, 0.1) is 0 Å². The zero-order valence-corrected chi connectivity index (χ0v) is 4.77. The van der Waals surface area contributed by atoms with Crippen molar-refractivity contribution in [2.24, 2.45) is 0 Å². The van der Waals surface area contributed by atoms with Gasteiger partial charge in [0, 0.05) is 0 Å². The molecule has 0 bridgehead atoms. The van der Waals surface area contributed by atoms with Crippen molar-refractivity contribution in [1.82, 2.24) is 0 Å². The first kappa shape index (κ1) is 6.51. The highest BCUT2D eigenvalue weighted by Crippen LogP contribution is 2.54. The van der Waals surface area contributed by atoms with Crippen LogP contribution >= 0.6 is 7.82 Å². The summed E-state index contributed by atoms with van der Waals surface area (Å²) < 4.78 is 40.1. The number of phosphoric acid groups is 1. The highest BCUT2D eigenvalue weighted by Gasteiger charge is 2.38. The van der Waals surface area contributed by atoms with Gasteiger partial charge in [-0.25, -0.2) is 4.57 Å². The van der Waals surface area contributed by atoms with Gasteiger partial charge in [0.25, 0.3) is 0 Å². The van der Waals surface area contributed by atoms with Crippen LogP contribution in [0.3, 0.4) is 0 Å². The quantitative estimate of drug-likeness (QED) is 0.538. The summed E-state index contributed by atoms with van der Waals surface area (Å²) in [5, 5.41) is 0. The molecule has 0 aliphatic carbocycles. The molecule has 0 saturated carbocycles. The van der Waals surface area contributed by atoms with Gasteiger partial charge in [-0.3, -0.25) is 4.89 Å². The van der Waals surface area contributed by atoms with E-state index in [2.05, 4.69) is 9.05 Å². The minimum absolute atomic E-state index is 1.79. The molecule has 0 radical (unpaired) electrons. The molecule has 0 aromatic rings. The molecular formula is C2HF2O4P. The minimum Gasteiger partial charge on any atom is -0.362 e. The molecule has 0 atom stereocenters. The van der Waals surface area contributed by atoms with E-state index in [1.165, 1.54) is 0 Å². The summed E-state index contributed by atoms with van der Waals surface area (Å²) >= 11 is 0. The van der Waals surface area contributed by atoms with Gasteiger partial charge in [0.2, 0.25) is 0 Å². The second kappa shape index (κ2) is 1.68. The van der Waals surface area contributed by atoms with E-state index in [0.29, 0.717) is 0 Å². The monoisotopic (exact) mass is 158 g/mol. The van der Waals surface area contributed by atoms with E-state index in [0.717, 1.165) is 0 Å². The predicted molar refractivity (Wildman–Crippen MR) is 21.2 cm³/mol. The van der Waals surface area contributed by atoms with Crippen LogP contribution in [-0.2, 0) is 13.6 Å². The van der Waals surface area contributed by atoms with E-state index in [-0.39, 0.29) is 0 Å². The largest absolute Gasteiger partial charge is 0.588 e. The molecule has 1 rings (SSSR count). The molecular weight excluding hydrogens is 157 g/mol. The van der Waals surface area contributed by atoms with Crippen molar-refractivity contribution < 1.29 is 27.3 Å². The van der Waals surface area contributed by atoms with Crippen LogP contribution in [-0.4, -0.2) is 4.89 Å². The van der Waals surface area contributed by atoms with Gasteiger partial charge in [0.15, 0.2) is 0 Å². The van der Waals surface area contributed by atoms with Crippen LogP contribution in [0.25, 0.3) is 0 Å². The third kappa shape index (κ3) is 1.20. The Morgan fingerprint density at radius 1 is 1.33 bits per heavy atom. The van der Waals surface area contributed by atoms with Crippen molar-refractivity contribution in [1.29, 1.82) is 0 Å². The maximum atomic E-state index is 11.6. The average molecular weight is 158 g/mol. The summed E-state index contributed by atoms with van der Waals surface area (Å²) in [6.45, 7) is 0. The zero-order valence-electron chi connectivity index (χ0n) is 3.88. The molecule has 0 aromatic carbocycles. The van der Waals surface area contributed by atoms with Gasteiger partial charge in [0.05, 0.1) is 0 Å². The Balaban J connectivity index is 2.82. The normalized spacial score (nSPS) is 23.4. The van der Waals surface area contributed by atoms with E-state index in [4.69, 9.17) is 4.89 Å². The van der Waals surface area contributed by atoms with Crippen LogP contribution in [0.5, 0.6) is 0 Å². The van der Waals surface area contributed by atoms with E-state index < -0.39 is 19.8 Å². The predicted octanol–water partition coefficient (Wildman–Crippen LogP) is 1.20. The van der Waals surface area contributed by atoms with Gasteiger partial charge in [0.1, 0.15) is 0 Å². The van der Waals surface area contributed by atoms with Crippen molar-refractivity contribution in [3.63, 3.8) is 0 Å². The molecule has 0 unspecified atom stereocenters. The summed E-state index contributed by atoms with van der Waals surface area (Å²) in [5.41, 5.74) is 0. The molecule has 1 aliphatic heterocycles. The van der Waals surface area contributed by atoms with Gasteiger partial charge in [-0.2, -0.15) is 8.78 Å². The molecule has 0 fully saturated rings. The van der Waals surface area contributed by atoms with Gasteiger partial charge in [-0.1, -0.05) is 0 Å². The van der Waals surface area contributed by atoms with Gasteiger partial charge < -0.3 is 9.05 Å². The lowest BCUT2D eigenvalue weighted by Crippen LogP contribution is -1.76. The Kier molecular flexibility index (Phi) is 1.22. The zero-order chi connectivity index (χ0) is 7.07. The first-order chi connectivity index (χ1) is 4.01. The lowest BCUT2D eigenvalue weighted by atomic mass is 11.0.